The Kier molecular flexibility index (Phi) is 4.60. The summed E-state index contributed by atoms with van der Waals surface area (Å²) in [7, 11) is 0. The molecular weight excluding hydrogens is 360 g/mol. The van der Waals surface area contributed by atoms with Gasteiger partial charge >= 0.3 is 6.16 Å². The number of rotatable bonds is 3. The van der Waals surface area contributed by atoms with E-state index in [1.807, 2.05) is 54.8 Å². The van der Waals surface area contributed by atoms with Gasteiger partial charge in [0.15, 0.2) is 0 Å². The van der Waals surface area contributed by atoms with Crippen LogP contribution in [0.25, 0.3) is 21.5 Å². The summed E-state index contributed by atoms with van der Waals surface area (Å²) in [6.45, 7) is 0. The van der Waals surface area contributed by atoms with Gasteiger partial charge < -0.3 is 14.6 Å². The summed E-state index contributed by atoms with van der Waals surface area (Å²) < 4.78 is 10.9. The molecule has 0 aliphatic carbocycles. The predicted octanol–water partition coefficient (Wildman–Crippen LogP) is 6.00. The average molecular weight is 376 g/mol. The van der Waals surface area contributed by atoms with Crippen molar-refractivity contribution in [1.29, 1.82) is 0 Å². The minimum absolute atomic E-state index is 0.174. The quantitative estimate of drug-likeness (QED) is 0.270. The highest BCUT2D eigenvalue weighted by Crippen LogP contribution is 2.40. The van der Waals surface area contributed by atoms with Crippen molar-refractivity contribution >= 4 is 39.5 Å². The van der Waals surface area contributed by atoms with Crippen LogP contribution in [0.15, 0.2) is 77.7 Å². The zero-order chi connectivity index (χ0) is 18.8. The van der Waals surface area contributed by atoms with E-state index in [9.17, 15) is 9.90 Å². The molecule has 4 rings (SSSR count). The van der Waals surface area contributed by atoms with Crippen molar-refractivity contribution in [3.05, 3.63) is 72.8 Å². The van der Waals surface area contributed by atoms with E-state index < -0.39 is 6.16 Å². The molecule has 134 valence electrons. The Bertz CT molecular complexity index is 1150. The molecule has 0 spiro atoms. The zero-order valence-electron chi connectivity index (χ0n) is 14.5. The number of fused-ring (bicyclic) bond motifs is 2. The lowest BCUT2D eigenvalue weighted by molar-refractivity contribution is 0.153. The number of carbonyl (C=O) groups excluding carboxylic acids is 1. The average Bonchev–Trinajstić information content (AvgIpc) is 2.70. The molecule has 0 radical (unpaired) electrons. The van der Waals surface area contributed by atoms with Crippen LogP contribution in [0.4, 0.5) is 4.79 Å². The highest BCUT2D eigenvalue weighted by atomic mass is 32.2. The fourth-order valence-corrected chi connectivity index (χ4v) is 3.56. The van der Waals surface area contributed by atoms with Gasteiger partial charge in [-0.25, -0.2) is 4.79 Å². The minimum atomic E-state index is -0.825. The largest absolute Gasteiger partial charge is 0.519 e. The summed E-state index contributed by atoms with van der Waals surface area (Å²) in [5.41, 5.74) is 0. The van der Waals surface area contributed by atoms with Crippen molar-refractivity contribution in [1.82, 2.24) is 0 Å². The third kappa shape index (κ3) is 3.29. The summed E-state index contributed by atoms with van der Waals surface area (Å²) >= 11 is 1.38. The Morgan fingerprint density at radius 2 is 1.44 bits per heavy atom. The molecule has 4 aromatic rings. The van der Waals surface area contributed by atoms with Crippen LogP contribution in [-0.2, 0) is 0 Å². The summed E-state index contributed by atoms with van der Waals surface area (Å²) in [6.07, 6.45) is 1.02. The van der Waals surface area contributed by atoms with E-state index in [2.05, 4.69) is 0 Å². The molecule has 0 unspecified atom stereocenters. The number of hydrogen-bond donors (Lipinski definition) is 1. The number of ether oxygens (including phenoxy) is 2. The second-order valence-electron chi connectivity index (χ2n) is 5.90. The van der Waals surface area contributed by atoms with Gasteiger partial charge in [0.1, 0.15) is 17.2 Å². The van der Waals surface area contributed by atoms with Crippen LogP contribution in [0.3, 0.4) is 0 Å². The lowest BCUT2D eigenvalue weighted by Crippen LogP contribution is -2.14. The molecule has 0 saturated carbocycles. The van der Waals surface area contributed by atoms with Gasteiger partial charge in [-0.3, -0.25) is 0 Å². The van der Waals surface area contributed by atoms with Gasteiger partial charge in [-0.1, -0.05) is 60.7 Å². The molecule has 0 bridgehead atoms. The van der Waals surface area contributed by atoms with E-state index in [1.165, 1.54) is 11.8 Å². The van der Waals surface area contributed by atoms with E-state index in [1.54, 1.807) is 24.3 Å². The number of aromatic hydroxyl groups is 1. The molecule has 0 amide bonds. The lowest BCUT2D eigenvalue weighted by atomic mass is 10.1. The molecule has 4 nitrogen and oxygen atoms in total. The summed E-state index contributed by atoms with van der Waals surface area (Å²) in [5.74, 6) is 0.956. The van der Waals surface area contributed by atoms with Crippen LogP contribution in [0.1, 0.15) is 0 Å². The van der Waals surface area contributed by atoms with Gasteiger partial charge in [0.2, 0.25) is 0 Å². The third-order valence-electron chi connectivity index (χ3n) is 4.30. The molecule has 0 aliphatic heterocycles. The number of carbonyl (C=O) groups is 1. The molecule has 0 aliphatic rings. The van der Waals surface area contributed by atoms with Crippen LogP contribution in [0.5, 0.6) is 17.2 Å². The Hall–Kier alpha value is -3.18. The maximum atomic E-state index is 12.4. The smallest absolute Gasteiger partial charge is 0.506 e. The first-order chi connectivity index (χ1) is 13.2. The number of benzene rings is 4. The van der Waals surface area contributed by atoms with Crippen LogP contribution in [0.2, 0.25) is 0 Å². The fourth-order valence-electron chi connectivity index (χ4n) is 3.03. The molecule has 0 fully saturated rings. The van der Waals surface area contributed by atoms with Gasteiger partial charge in [-0.2, -0.15) is 0 Å². The van der Waals surface area contributed by atoms with Gasteiger partial charge in [0.25, 0.3) is 0 Å². The number of phenols is 1. The van der Waals surface area contributed by atoms with E-state index in [0.29, 0.717) is 27.2 Å². The molecular formula is C22H16O4S. The SMILES string of the molecule is CSc1cc(OC(=O)Oc2cccc3ccccc23)c2ccccc2c1O. The van der Waals surface area contributed by atoms with Crippen molar-refractivity contribution < 1.29 is 19.4 Å². The normalized spacial score (nSPS) is 10.9. The first-order valence-electron chi connectivity index (χ1n) is 8.33. The van der Waals surface area contributed by atoms with Gasteiger partial charge in [0.05, 0.1) is 4.90 Å². The second kappa shape index (κ2) is 7.21. The fraction of sp³-hybridized carbons (Fsp3) is 0.0455. The van der Waals surface area contributed by atoms with Crippen LogP contribution in [0, 0.1) is 0 Å². The molecule has 0 heterocycles. The van der Waals surface area contributed by atoms with Gasteiger partial charge in [0, 0.05) is 16.2 Å². The summed E-state index contributed by atoms with van der Waals surface area (Å²) in [6, 6.07) is 22.0. The minimum Gasteiger partial charge on any atom is -0.506 e. The van der Waals surface area contributed by atoms with Crippen molar-refractivity contribution in [2.24, 2.45) is 0 Å². The second-order valence-corrected chi connectivity index (χ2v) is 6.75. The Morgan fingerprint density at radius 3 is 2.22 bits per heavy atom. The van der Waals surface area contributed by atoms with Crippen LogP contribution >= 0.6 is 11.8 Å². The van der Waals surface area contributed by atoms with E-state index in [-0.39, 0.29) is 5.75 Å². The highest BCUT2D eigenvalue weighted by molar-refractivity contribution is 7.98. The molecule has 4 aromatic carbocycles. The lowest BCUT2D eigenvalue weighted by Gasteiger charge is -2.12. The van der Waals surface area contributed by atoms with E-state index in [4.69, 9.17) is 9.47 Å². The first-order valence-corrected chi connectivity index (χ1v) is 9.56. The molecule has 27 heavy (non-hydrogen) atoms. The molecule has 1 N–H and O–H groups in total. The Labute approximate surface area is 160 Å². The highest BCUT2D eigenvalue weighted by Gasteiger charge is 2.16. The predicted molar refractivity (Wildman–Crippen MR) is 108 cm³/mol. The van der Waals surface area contributed by atoms with Crippen molar-refractivity contribution in [2.75, 3.05) is 6.26 Å². The Morgan fingerprint density at radius 1 is 0.815 bits per heavy atom. The van der Waals surface area contributed by atoms with Crippen LogP contribution in [-0.4, -0.2) is 17.5 Å². The van der Waals surface area contributed by atoms with Crippen LogP contribution < -0.4 is 9.47 Å². The van der Waals surface area contributed by atoms with E-state index >= 15 is 0 Å². The summed E-state index contributed by atoms with van der Waals surface area (Å²) in [4.78, 5) is 13.1. The van der Waals surface area contributed by atoms with Crippen molar-refractivity contribution in [2.45, 2.75) is 4.90 Å². The van der Waals surface area contributed by atoms with E-state index in [0.717, 1.165) is 10.8 Å². The number of hydrogen-bond acceptors (Lipinski definition) is 5. The van der Waals surface area contributed by atoms with Gasteiger partial charge in [-0.15, -0.1) is 11.8 Å². The third-order valence-corrected chi connectivity index (χ3v) is 5.05. The molecule has 5 heteroatoms. The van der Waals surface area contributed by atoms with Crippen molar-refractivity contribution in [3.63, 3.8) is 0 Å². The molecule has 0 aromatic heterocycles. The monoisotopic (exact) mass is 376 g/mol. The number of thioether (sulfide) groups is 1. The summed E-state index contributed by atoms with van der Waals surface area (Å²) in [5, 5.41) is 13.4. The molecule has 0 saturated heterocycles. The zero-order valence-corrected chi connectivity index (χ0v) is 15.3. The number of phenolic OH excluding ortho intramolecular Hbond substituents is 1. The topological polar surface area (TPSA) is 55.8 Å². The standard InChI is InChI=1S/C22H16O4S/c1-27-20-13-19(16-10-4-5-11-17(16)21(20)23)26-22(24)25-18-12-6-8-14-7-2-3-9-15(14)18/h2-13,23H,1H3. The first kappa shape index (κ1) is 17.2. The maximum Gasteiger partial charge on any atom is 0.519 e. The van der Waals surface area contributed by atoms with Gasteiger partial charge in [-0.05, 0) is 23.8 Å². The maximum absolute atomic E-state index is 12.4. The molecule has 0 atom stereocenters. The van der Waals surface area contributed by atoms with Crippen molar-refractivity contribution in [3.8, 4) is 17.2 Å². The Balaban J connectivity index is 1.68.